The van der Waals surface area contributed by atoms with Crippen LogP contribution >= 0.6 is 0 Å². The summed E-state index contributed by atoms with van der Waals surface area (Å²) in [7, 11) is -0.640. The highest BCUT2D eigenvalue weighted by Crippen LogP contribution is 2.56. The van der Waals surface area contributed by atoms with Crippen LogP contribution in [-0.4, -0.2) is 29.9 Å². The summed E-state index contributed by atoms with van der Waals surface area (Å²) in [6.45, 7) is 4.21. The zero-order valence-electron chi connectivity index (χ0n) is 9.23. The lowest BCUT2D eigenvalue weighted by Gasteiger charge is -2.50. The molecule has 0 aromatic heterocycles. The zero-order chi connectivity index (χ0) is 10.7. The number of hydrogen-bond acceptors (Lipinski definition) is 4. The van der Waals surface area contributed by atoms with Crippen molar-refractivity contribution in [3.05, 3.63) is 0 Å². The largest absolute Gasteiger partial charge is 0.642 e. The first-order valence-corrected chi connectivity index (χ1v) is 5.83. The van der Waals surface area contributed by atoms with E-state index in [1.165, 1.54) is 0 Å². The fourth-order valence-corrected chi connectivity index (χ4v) is 3.35. The molecule has 2 heterocycles. The second kappa shape index (κ2) is 2.97. The molecule has 4 nitrogen and oxygen atoms in total. The third kappa shape index (κ3) is 1.12. The first-order valence-electron chi connectivity index (χ1n) is 5.83. The normalized spacial score (nSPS) is 52.6. The van der Waals surface area contributed by atoms with Crippen molar-refractivity contribution in [2.45, 2.75) is 57.0 Å². The molecular weight excluding hydrogens is 195 g/mol. The fourth-order valence-electron chi connectivity index (χ4n) is 3.35. The molecule has 15 heavy (non-hydrogen) atoms. The Balaban J connectivity index is 1.97. The van der Waals surface area contributed by atoms with Crippen LogP contribution in [0.4, 0.5) is 0 Å². The summed E-state index contributed by atoms with van der Waals surface area (Å²) < 4.78 is 16.8. The van der Waals surface area contributed by atoms with Crippen molar-refractivity contribution in [1.29, 1.82) is 0 Å². The fraction of sp³-hybridized carbons (Fsp3) is 1.00. The van der Waals surface area contributed by atoms with Crippen LogP contribution in [-0.2, 0) is 14.0 Å². The highest BCUT2D eigenvalue weighted by atomic mass is 16.9. The van der Waals surface area contributed by atoms with E-state index in [4.69, 9.17) is 14.0 Å². The van der Waals surface area contributed by atoms with Gasteiger partial charge in [-0.2, -0.15) is 0 Å². The Bertz CT molecular complexity index is 287. The minimum absolute atomic E-state index is 0.00458. The zero-order valence-corrected chi connectivity index (χ0v) is 9.23. The van der Waals surface area contributed by atoms with E-state index < -0.39 is 18.7 Å². The maximum Gasteiger partial charge on any atom is 0.642 e. The molecule has 0 radical (unpaired) electrons. The molecule has 4 unspecified atom stereocenters. The molecule has 2 bridgehead atoms. The molecule has 3 rings (SSSR count). The van der Waals surface area contributed by atoms with E-state index in [1.54, 1.807) is 0 Å². The third-order valence-corrected chi connectivity index (χ3v) is 3.92. The average Bonchev–Trinajstić information content (AvgIpc) is 2.54. The van der Waals surface area contributed by atoms with Crippen molar-refractivity contribution in [1.82, 2.24) is 0 Å². The van der Waals surface area contributed by atoms with Crippen molar-refractivity contribution < 1.29 is 19.1 Å². The van der Waals surface area contributed by atoms with Gasteiger partial charge in [-0.05, 0) is 18.8 Å². The molecule has 0 aromatic rings. The van der Waals surface area contributed by atoms with Gasteiger partial charge in [0.25, 0.3) is 0 Å². The molecule has 1 aliphatic carbocycles. The standard InChI is InChI=1S/C10H17BO4/c1-3-4-9-8-5-7(2)6-10(9,12)15-11(13-8)14-9/h7-8,12H,3-6H2,1-2H3. The number of fused-ring (bicyclic) bond motifs is 1. The molecule has 3 aliphatic rings. The van der Waals surface area contributed by atoms with Crippen LogP contribution in [0.1, 0.15) is 39.5 Å². The van der Waals surface area contributed by atoms with Gasteiger partial charge in [0.1, 0.15) is 5.60 Å². The summed E-state index contributed by atoms with van der Waals surface area (Å²) in [5.41, 5.74) is -0.598. The third-order valence-electron chi connectivity index (χ3n) is 3.92. The van der Waals surface area contributed by atoms with Gasteiger partial charge >= 0.3 is 7.32 Å². The van der Waals surface area contributed by atoms with E-state index in [0.29, 0.717) is 12.3 Å². The first kappa shape index (κ1) is 10.1. The Morgan fingerprint density at radius 2 is 2.27 bits per heavy atom. The van der Waals surface area contributed by atoms with Gasteiger partial charge in [-0.15, -0.1) is 0 Å². The number of hydrogen-bond donors (Lipinski definition) is 1. The van der Waals surface area contributed by atoms with Crippen LogP contribution in [0.2, 0.25) is 0 Å². The van der Waals surface area contributed by atoms with E-state index >= 15 is 0 Å². The second-order valence-corrected chi connectivity index (χ2v) is 5.12. The molecule has 2 aliphatic heterocycles. The van der Waals surface area contributed by atoms with Gasteiger partial charge in [-0.3, -0.25) is 0 Å². The molecule has 4 atom stereocenters. The molecular formula is C10H17BO4. The summed E-state index contributed by atoms with van der Waals surface area (Å²) in [5.74, 6) is -0.693. The number of rotatable bonds is 2. The maximum absolute atomic E-state index is 10.5. The van der Waals surface area contributed by atoms with Crippen molar-refractivity contribution in [2.75, 3.05) is 0 Å². The molecule has 5 heteroatoms. The molecule has 2 saturated heterocycles. The van der Waals surface area contributed by atoms with Crippen LogP contribution < -0.4 is 0 Å². The van der Waals surface area contributed by atoms with E-state index in [2.05, 4.69) is 13.8 Å². The average molecular weight is 212 g/mol. The maximum atomic E-state index is 10.5. The summed E-state index contributed by atoms with van der Waals surface area (Å²) in [6.07, 6.45) is 3.39. The molecule has 1 N–H and O–H groups in total. The molecule has 3 fully saturated rings. The second-order valence-electron chi connectivity index (χ2n) is 5.12. The minimum atomic E-state index is -1.12. The Hall–Kier alpha value is -0.0951. The number of aliphatic hydroxyl groups is 1. The van der Waals surface area contributed by atoms with Crippen LogP contribution in [0, 0.1) is 5.92 Å². The summed E-state index contributed by atoms with van der Waals surface area (Å²) in [4.78, 5) is 0. The lowest BCUT2D eigenvalue weighted by atomic mass is 9.70. The van der Waals surface area contributed by atoms with Gasteiger partial charge in [0, 0.05) is 6.42 Å². The van der Waals surface area contributed by atoms with Gasteiger partial charge in [0.05, 0.1) is 6.10 Å². The van der Waals surface area contributed by atoms with Gasteiger partial charge in [-0.1, -0.05) is 20.3 Å². The van der Waals surface area contributed by atoms with Crippen molar-refractivity contribution >= 4 is 7.32 Å². The monoisotopic (exact) mass is 212 g/mol. The Kier molecular flexibility index (Phi) is 2.00. The minimum Gasteiger partial charge on any atom is -0.380 e. The molecule has 0 aromatic carbocycles. The van der Waals surface area contributed by atoms with Gasteiger partial charge < -0.3 is 19.1 Å². The lowest BCUT2D eigenvalue weighted by molar-refractivity contribution is -0.272. The van der Waals surface area contributed by atoms with Gasteiger partial charge in [0.2, 0.25) is 0 Å². The summed E-state index contributed by atoms with van der Waals surface area (Å²) >= 11 is 0. The molecule has 0 amide bonds. The van der Waals surface area contributed by atoms with Crippen molar-refractivity contribution in [3.63, 3.8) is 0 Å². The lowest BCUT2D eigenvalue weighted by Crippen LogP contribution is -2.64. The van der Waals surface area contributed by atoms with Crippen LogP contribution in [0.15, 0.2) is 0 Å². The van der Waals surface area contributed by atoms with E-state index in [0.717, 1.165) is 19.3 Å². The first-order chi connectivity index (χ1) is 7.10. The van der Waals surface area contributed by atoms with Crippen LogP contribution in [0.25, 0.3) is 0 Å². The Morgan fingerprint density at radius 1 is 1.47 bits per heavy atom. The Labute approximate surface area is 90.1 Å². The molecule has 0 spiro atoms. The highest BCUT2D eigenvalue weighted by molar-refractivity contribution is 6.38. The van der Waals surface area contributed by atoms with Gasteiger partial charge in [0.15, 0.2) is 5.79 Å². The molecule has 1 saturated carbocycles. The van der Waals surface area contributed by atoms with E-state index in [-0.39, 0.29) is 6.10 Å². The van der Waals surface area contributed by atoms with Gasteiger partial charge in [-0.25, -0.2) is 0 Å². The van der Waals surface area contributed by atoms with Crippen molar-refractivity contribution in [2.24, 2.45) is 5.92 Å². The smallest absolute Gasteiger partial charge is 0.380 e. The van der Waals surface area contributed by atoms with E-state index in [1.807, 2.05) is 0 Å². The molecule has 84 valence electrons. The summed E-state index contributed by atoms with van der Waals surface area (Å²) in [5, 5.41) is 10.5. The predicted octanol–water partition coefficient (Wildman–Crippen LogP) is 1.07. The highest BCUT2D eigenvalue weighted by Gasteiger charge is 2.73. The van der Waals surface area contributed by atoms with Crippen LogP contribution in [0.3, 0.4) is 0 Å². The quantitative estimate of drug-likeness (QED) is 0.695. The SMILES string of the molecule is CCCC12OB3OC1CC(C)CC2(O)O3. The topological polar surface area (TPSA) is 47.9 Å². The van der Waals surface area contributed by atoms with Crippen molar-refractivity contribution in [3.8, 4) is 0 Å². The van der Waals surface area contributed by atoms with Crippen LogP contribution in [0.5, 0.6) is 0 Å². The summed E-state index contributed by atoms with van der Waals surface area (Å²) in [6, 6.07) is 0. The Morgan fingerprint density at radius 3 is 2.93 bits per heavy atom. The predicted molar refractivity (Wildman–Crippen MR) is 53.8 cm³/mol. The van der Waals surface area contributed by atoms with E-state index in [9.17, 15) is 5.11 Å².